The number of aromatic amines is 2. The van der Waals surface area contributed by atoms with Crippen LogP contribution in [-0.2, 0) is 0 Å². The summed E-state index contributed by atoms with van der Waals surface area (Å²) in [5.41, 5.74) is 1.40. The van der Waals surface area contributed by atoms with Crippen LogP contribution < -0.4 is 4.90 Å². The molecule has 2 N–H and O–H groups in total. The van der Waals surface area contributed by atoms with Crippen LogP contribution in [-0.4, -0.2) is 55.1 Å². The Balaban J connectivity index is 1.80. The molecule has 102 valence electrons. The lowest BCUT2D eigenvalue weighted by molar-refractivity contribution is 0.364. The molecule has 1 aliphatic rings. The van der Waals surface area contributed by atoms with Gasteiger partial charge in [0, 0.05) is 18.3 Å². The smallest absolute Gasteiger partial charge is 0.206 e. The Bertz CT molecular complexity index is 736. The molecule has 0 bridgehead atoms. The van der Waals surface area contributed by atoms with E-state index in [1.807, 2.05) is 11.0 Å². The SMILES string of the molecule is FC1CCN(c2n[nH]c3ncc(-c4nn[nH]n4)cc23)C1. The van der Waals surface area contributed by atoms with Crippen molar-refractivity contribution >= 4 is 16.9 Å². The number of tetrazole rings is 1. The van der Waals surface area contributed by atoms with E-state index in [2.05, 4.69) is 35.8 Å². The van der Waals surface area contributed by atoms with Gasteiger partial charge >= 0.3 is 0 Å². The Labute approximate surface area is 112 Å². The Morgan fingerprint density at radius 2 is 2.30 bits per heavy atom. The van der Waals surface area contributed by atoms with E-state index in [4.69, 9.17) is 0 Å². The molecule has 4 heterocycles. The number of H-pyrrole nitrogens is 2. The molecule has 1 unspecified atom stereocenters. The Kier molecular flexibility index (Phi) is 2.38. The number of pyridine rings is 1. The third-order valence-corrected chi connectivity index (χ3v) is 3.43. The normalized spacial score (nSPS) is 19.1. The van der Waals surface area contributed by atoms with Crippen LogP contribution in [0.5, 0.6) is 0 Å². The second-order valence-electron chi connectivity index (χ2n) is 4.73. The summed E-state index contributed by atoms with van der Waals surface area (Å²) in [5.74, 6) is 1.19. The van der Waals surface area contributed by atoms with Gasteiger partial charge in [0.1, 0.15) is 6.17 Å². The van der Waals surface area contributed by atoms with Crippen molar-refractivity contribution in [1.29, 1.82) is 0 Å². The molecule has 0 saturated carbocycles. The molecule has 0 spiro atoms. The molecule has 0 aliphatic carbocycles. The molecule has 4 rings (SSSR count). The number of aromatic nitrogens is 7. The van der Waals surface area contributed by atoms with Gasteiger partial charge in [0.2, 0.25) is 5.82 Å². The highest BCUT2D eigenvalue weighted by atomic mass is 19.1. The molecule has 3 aromatic rings. The Hall–Kier alpha value is -2.58. The first-order valence-corrected chi connectivity index (χ1v) is 6.28. The fourth-order valence-electron chi connectivity index (χ4n) is 2.45. The first-order valence-electron chi connectivity index (χ1n) is 6.28. The second-order valence-corrected chi connectivity index (χ2v) is 4.73. The third-order valence-electron chi connectivity index (χ3n) is 3.43. The lowest BCUT2D eigenvalue weighted by atomic mass is 10.2. The van der Waals surface area contributed by atoms with Gasteiger partial charge in [-0.3, -0.25) is 5.10 Å². The topological polar surface area (TPSA) is 99.3 Å². The lowest BCUT2D eigenvalue weighted by Gasteiger charge is -2.13. The number of alkyl halides is 1. The number of hydrogen-bond donors (Lipinski definition) is 2. The molecule has 1 aliphatic heterocycles. The van der Waals surface area contributed by atoms with E-state index < -0.39 is 6.17 Å². The molecule has 9 heteroatoms. The van der Waals surface area contributed by atoms with Crippen LogP contribution in [0.2, 0.25) is 0 Å². The fraction of sp³-hybridized carbons (Fsp3) is 0.364. The molecular weight excluding hydrogens is 263 g/mol. The summed E-state index contributed by atoms with van der Waals surface area (Å²) in [4.78, 5) is 6.21. The molecule has 3 aromatic heterocycles. The second kappa shape index (κ2) is 4.22. The van der Waals surface area contributed by atoms with Crippen LogP contribution in [0.1, 0.15) is 6.42 Å². The van der Waals surface area contributed by atoms with Crippen LogP contribution in [0.25, 0.3) is 22.4 Å². The molecule has 0 amide bonds. The summed E-state index contributed by atoms with van der Waals surface area (Å²) in [5, 5.41) is 21.7. The van der Waals surface area contributed by atoms with Gasteiger partial charge in [0.05, 0.1) is 11.9 Å². The summed E-state index contributed by atoms with van der Waals surface area (Å²) in [6, 6.07) is 1.89. The third kappa shape index (κ3) is 1.70. The minimum absolute atomic E-state index is 0.367. The maximum absolute atomic E-state index is 13.3. The van der Waals surface area contributed by atoms with E-state index in [1.165, 1.54) is 0 Å². The van der Waals surface area contributed by atoms with Gasteiger partial charge in [0.15, 0.2) is 11.5 Å². The van der Waals surface area contributed by atoms with Gasteiger partial charge < -0.3 is 4.90 Å². The highest BCUT2D eigenvalue weighted by Gasteiger charge is 2.25. The lowest BCUT2D eigenvalue weighted by Crippen LogP contribution is -2.20. The highest BCUT2D eigenvalue weighted by molar-refractivity contribution is 5.90. The summed E-state index contributed by atoms with van der Waals surface area (Å²) in [6.07, 6.45) is 1.39. The van der Waals surface area contributed by atoms with Crippen LogP contribution in [0.15, 0.2) is 12.3 Å². The minimum atomic E-state index is -0.796. The molecule has 8 nitrogen and oxygen atoms in total. The molecular formula is C11H11FN8. The number of hydrogen-bond acceptors (Lipinski definition) is 6. The van der Waals surface area contributed by atoms with E-state index in [0.717, 1.165) is 16.8 Å². The quantitative estimate of drug-likeness (QED) is 0.713. The van der Waals surface area contributed by atoms with Crippen molar-refractivity contribution in [1.82, 2.24) is 35.8 Å². The Morgan fingerprint density at radius 1 is 1.35 bits per heavy atom. The zero-order valence-corrected chi connectivity index (χ0v) is 10.4. The van der Waals surface area contributed by atoms with Gasteiger partial charge in [-0.05, 0) is 17.7 Å². The largest absolute Gasteiger partial charge is 0.352 e. The molecule has 0 aromatic carbocycles. The number of nitrogens with one attached hydrogen (secondary N) is 2. The summed E-state index contributed by atoms with van der Waals surface area (Å²) >= 11 is 0. The number of fused-ring (bicyclic) bond motifs is 1. The average Bonchev–Trinajstić information content (AvgIpc) is 3.17. The van der Waals surface area contributed by atoms with Gasteiger partial charge in [0.25, 0.3) is 0 Å². The predicted octanol–water partition coefficient (Wildman–Crippen LogP) is 0.686. The van der Waals surface area contributed by atoms with Gasteiger partial charge in [-0.2, -0.15) is 10.3 Å². The summed E-state index contributed by atoms with van der Waals surface area (Å²) < 4.78 is 13.3. The monoisotopic (exact) mass is 274 g/mol. The zero-order chi connectivity index (χ0) is 13.5. The fourth-order valence-corrected chi connectivity index (χ4v) is 2.45. The van der Waals surface area contributed by atoms with Crippen LogP contribution >= 0.6 is 0 Å². The standard InChI is InChI=1S/C11H11FN8/c12-7-1-2-20(5-7)11-8-3-6(9-15-18-19-16-9)4-13-10(8)14-17-11/h3-4,7H,1-2,5H2,(H,13,14,17)(H,15,16,18,19). The molecule has 1 saturated heterocycles. The van der Waals surface area contributed by atoms with Crippen LogP contribution in [0.3, 0.4) is 0 Å². The number of anilines is 1. The number of nitrogens with zero attached hydrogens (tertiary/aromatic N) is 6. The van der Waals surface area contributed by atoms with E-state index in [0.29, 0.717) is 31.0 Å². The number of rotatable bonds is 2. The van der Waals surface area contributed by atoms with Crippen molar-refractivity contribution in [3.8, 4) is 11.4 Å². The van der Waals surface area contributed by atoms with E-state index in [-0.39, 0.29) is 0 Å². The average molecular weight is 274 g/mol. The number of halogens is 1. The first kappa shape index (κ1) is 11.3. The maximum Gasteiger partial charge on any atom is 0.206 e. The van der Waals surface area contributed by atoms with E-state index >= 15 is 0 Å². The molecule has 0 radical (unpaired) electrons. The van der Waals surface area contributed by atoms with Crippen molar-refractivity contribution in [2.45, 2.75) is 12.6 Å². The Morgan fingerprint density at radius 3 is 3.05 bits per heavy atom. The predicted molar refractivity (Wildman–Crippen MR) is 68.8 cm³/mol. The molecule has 1 fully saturated rings. The van der Waals surface area contributed by atoms with Crippen molar-refractivity contribution in [2.24, 2.45) is 0 Å². The van der Waals surface area contributed by atoms with Gasteiger partial charge in [-0.15, -0.1) is 10.2 Å². The van der Waals surface area contributed by atoms with Gasteiger partial charge in [-0.1, -0.05) is 0 Å². The van der Waals surface area contributed by atoms with Crippen molar-refractivity contribution in [3.63, 3.8) is 0 Å². The zero-order valence-electron chi connectivity index (χ0n) is 10.4. The molecule has 1 atom stereocenters. The van der Waals surface area contributed by atoms with Crippen molar-refractivity contribution in [3.05, 3.63) is 12.3 Å². The van der Waals surface area contributed by atoms with E-state index in [1.54, 1.807) is 6.20 Å². The van der Waals surface area contributed by atoms with Crippen LogP contribution in [0.4, 0.5) is 10.2 Å². The van der Waals surface area contributed by atoms with Crippen molar-refractivity contribution < 1.29 is 4.39 Å². The van der Waals surface area contributed by atoms with Gasteiger partial charge in [-0.25, -0.2) is 9.37 Å². The first-order chi connectivity index (χ1) is 9.81. The molecule has 20 heavy (non-hydrogen) atoms. The maximum atomic E-state index is 13.3. The van der Waals surface area contributed by atoms with Crippen molar-refractivity contribution in [2.75, 3.05) is 18.0 Å². The highest BCUT2D eigenvalue weighted by Crippen LogP contribution is 2.29. The van der Waals surface area contributed by atoms with Crippen LogP contribution in [0, 0.1) is 0 Å². The summed E-state index contributed by atoms with van der Waals surface area (Å²) in [6.45, 7) is 1.03. The van der Waals surface area contributed by atoms with E-state index in [9.17, 15) is 4.39 Å². The summed E-state index contributed by atoms with van der Waals surface area (Å²) in [7, 11) is 0. The minimum Gasteiger partial charge on any atom is -0.352 e.